The quantitative estimate of drug-likeness (QED) is 0.600. The predicted molar refractivity (Wildman–Crippen MR) is 109 cm³/mol. The molecule has 3 aromatic rings. The molecular weight excluding hydrogens is 429 g/mol. The smallest absolute Gasteiger partial charge is 0.350 e. The van der Waals surface area contributed by atoms with Crippen LogP contribution < -0.4 is 11.1 Å². The number of hydrogen-bond acceptors (Lipinski definition) is 4. The second kappa shape index (κ2) is 8.91. The van der Waals surface area contributed by atoms with E-state index in [1.54, 1.807) is 24.3 Å². The van der Waals surface area contributed by atoms with Crippen molar-refractivity contribution < 1.29 is 26.4 Å². The average molecular weight is 448 g/mol. The van der Waals surface area contributed by atoms with Gasteiger partial charge >= 0.3 is 6.18 Å². The van der Waals surface area contributed by atoms with Crippen LogP contribution in [0.4, 0.5) is 13.2 Å². The number of rotatable bonds is 6. The summed E-state index contributed by atoms with van der Waals surface area (Å²) in [7, 11) is -4.13. The van der Waals surface area contributed by atoms with Gasteiger partial charge in [0.1, 0.15) is 6.04 Å². The number of nitrogens with two attached hydrogens (primary N) is 1. The fourth-order valence-electron chi connectivity index (χ4n) is 2.87. The van der Waals surface area contributed by atoms with Gasteiger partial charge in [-0.1, -0.05) is 48.5 Å². The molecule has 0 bridgehead atoms. The third-order valence-corrected chi connectivity index (χ3v) is 6.38. The topological polar surface area (TPSA) is 89.3 Å². The van der Waals surface area contributed by atoms with Crippen LogP contribution in [0, 0.1) is 0 Å². The number of alkyl halides is 3. The molecule has 3 rings (SSSR count). The molecule has 1 atom stereocenters. The van der Waals surface area contributed by atoms with Gasteiger partial charge in [0.2, 0.25) is 15.7 Å². The first-order valence-electron chi connectivity index (χ1n) is 9.18. The van der Waals surface area contributed by atoms with Crippen molar-refractivity contribution >= 4 is 15.7 Å². The molecule has 0 radical (unpaired) electrons. The highest BCUT2D eigenvalue weighted by Gasteiger charge is 2.32. The van der Waals surface area contributed by atoms with E-state index in [0.717, 1.165) is 18.2 Å². The van der Waals surface area contributed by atoms with Crippen molar-refractivity contribution in [2.45, 2.75) is 28.6 Å². The first-order valence-corrected chi connectivity index (χ1v) is 10.7. The summed E-state index contributed by atoms with van der Waals surface area (Å²) in [4.78, 5) is 11.6. The third kappa shape index (κ3) is 5.31. The van der Waals surface area contributed by atoms with Gasteiger partial charge in [-0.25, -0.2) is 8.42 Å². The highest BCUT2D eigenvalue weighted by Crippen LogP contribution is 2.32. The van der Waals surface area contributed by atoms with Gasteiger partial charge in [0.15, 0.2) is 0 Å². The molecule has 0 heterocycles. The Labute approximate surface area is 177 Å². The molecule has 0 aromatic heterocycles. The molecule has 0 aliphatic carbocycles. The van der Waals surface area contributed by atoms with E-state index in [2.05, 4.69) is 5.32 Å². The summed E-state index contributed by atoms with van der Waals surface area (Å²) >= 11 is 0. The molecule has 3 N–H and O–H groups in total. The van der Waals surface area contributed by atoms with E-state index in [4.69, 9.17) is 5.73 Å². The largest absolute Gasteiger partial charge is 0.416 e. The summed E-state index contributed by atoms with van der Waals surface area (Å²) in [6, 6.07) is 17.1. The molecule has 0 saturated carbocycles. The molecule has 162 valence electrons. The lowest BCUT2D eigenvalue weighted by molar-refractivity contribution is -0.137. The van der Waals surface area contributed by atoms with Crippen LogP contribution in [0.1, 0.15) is 22.7 Å². The van der Waals surface area contributed by atoms with Crippen LogP contribution in [0.25, 0.3) is 0 Å². The Morgan fingerprint density at radius 2 is 1.55 bits per heavy atom. The molecule has 1 amide bonds. The van der Waals surface area contributed by atoms with Gasteiger partial charge in [-0.2, -0.15) is 13.2 Å². The van der Waals surface area contributed by atoms with Crippen molar-refractivity contribution in [1.29, 1.82) is 0 Å². The minimum absolute atomic E-state index is 0.114. The van der Waals surface area contributed by atoms with Crippen LogP contribution in [0.3, 0.4) is 0 Å². The molecular formula is C22H19F3N2O3S. The molecule has 31 heavy (non-hydrogen) atoms. The average Bonchev–Trinajstić information content (AvgIpc) is 2.77. The molecule has 9 heteroatoms. The number of carbonyl (C=O) groups is 1. The van der Waals surface area contributed by atoms with Crippen molar-refractivity contribution in [3.8, 4) is 0 Å². The Morgan fingerprint density at radius 1 is 0.903 bits per heavy atom. The Hall–Kier alpha value is -3.17. The number of carbonyl (C=O) groups excluding carboxylic acids is 1. The number of hydrogen-bond donors (Lipinski definition) is 2. The zero-order chi connectivity index (χ0) is 22.6. The third-order valence-electron chi connectivity index (χ3n) is 4.61. The Kier molecular flexibility index (Phi) is 6.47. The van der Waals surface area contributed by atoms with Gasteiger partial charge in [0, 0.05) is 6.54 Å². The van der Waals surface area contributed by atoms with Crippen LogP contribution >= 0.6 is 0 Å². The van der Waals surface area contributed by atoms with E-state index in [1.807, 2.05) is 6.07 Å². The maximum atomic E-state index is 12.9. The molecule has 0 spiro atoms. The summed E-state index contributed by atoms with van der Waals surface area (Å²) in [5, 5.41) is 2.67. The molecule has 3 aromatic carbocycles. The van der Waals surface area contributed by atoms with Crippen molar-refractivity contribution in [1.82, 2.24) is 5.32 Å². The number of sulfone groups is 1. The molecule has 0 fully saturated rings. The summed E-state index contributed by atoms with van der Waals surface area (Å²) < 4.78 is 64.0. The molecule has 5 nitrogen and oxygen atoms in total. The fraction of sp³-hybridized carbons (Fsp3) is 0.136. The van der Waals surface area contributed by atoms with E-state index < -0.39 is 38.4 Å². The number of benzene rings is 3. The van der Waals surface area contributed by atoms with E-state index in [9.17, 15) is 26.4 Å². The molecule has 0 aliphatic rings. The first kappa shape index (κ1) is 22.5. The van der Waals surface area contributed by atoms with Crippen LogP contribution in [0.5, 0.6) is 0 Å². The van der Waals surface area contributed by atoms with Gasteiger partial charge in [-0.05, 0) is 41.5 Å². The van der Waals surface area contributed by atoms with Crippen LogP contribution in [-0.4, -0.2) is 14.3 Å². The monoisotopic (exact) mass is 448 g/mol. The SMILES string of the molecule is N[C@H](C(=O)NCc1ccc(S(=O)(=O)c2cccc(C(F)(F)F)c2)cc1)c1ccccc1. The van der Waals surface area contributed by atoms with Gasteiger partial charge in [0.25, 0.3) is 0 Å². The Morgan fingerprint density at radius 3 is 2.16 bits per heavy atom. The maximum Gasteiger partial charge on any atom is 0.416 e. The number of nitrogens with one attached hydrogen (secondary N) is 1. The summed E-state index contributed by atoms with van der Waals surface area (Å²) in [6.45, 7) is 0.114. The van der Waals surface area contributed by atoms with E-state index in [-0.39, 0.29) is 11.4 Å². The molecule has 0 saturated heterocycles. The number of amides is 1. The van der Waals surface area contributed by atoms with Gasteiger partial charge in [-0.3, -0.25) is 4.79 Å². The van der Waals surface area contributed by atoms with Crippen LogP contribution in [0.2, 0.25) is 0 Å². The minimum atomic E-state index is -4.64. The van der Waals surface area contributed by atoms with E-state index in [1.165, 1.54) is 24.3 Å². The van der Waals surface area contributed by atoms with Crippen molar-refractivity contribution in [3.63, 3.8) is 0 Å². The Balaban J connectivity index is 1.70. The highest BCUT2D eigenvalue weighted by atomic mass is 32.2. The van der Waals surface area contributed by atoms with Gasteiger partial charge in [0.05, 0.1) is 15.4 Å². The van der Waals surface area contributed by atoms with Gasteiger partial charge < -0.3 is 11.1 Å². The van der Waals surface area contributed by atoms with Crippen molar-refractivity contribution in [2.24, 2.45) is 5.73 Å². The summed E-state index contributed by atoms with van der Waals surface area (Å²) in [5.74, 6) is -0.396. The minimum Gasteiger partial charge on any atom is -0.350 e. The first-order chi connectivity index (χ1) is 14.6. The predicted octanol–water partition coefficient (Wildman–Crippen LogP) is 3.85. The second-order valence-electron chi connectivity index (χ2n) is 6.78. The second-order valence-corrected chi connectivity index (χ2v) is 8.73. The number of halogens is 3. The summed E-state index contributed by atoms with van der Waals surface area (Å²) in [5.41, 5.74) is 6.14. The fourth-order valence-corrected chi connectivity index (χ4v) is 4.18. The van der Waals surface area contributed by atoms with Gasteiger partial charge in [-0.15, -0.1) is 0 Å². The molecule has 0 aliphatic heterocycles. The van der Waals surface area contributed by atoms with Crippen molar-refractivity contribution in [2.75, 3.05) is 0 Å². The zero-order valence-corrected chi connectivity index (χ0v) is 17.0. The highest BCUT2D eigenvalue weighted by molar-refractivity contribution is 7.91. The standard InChI is InChI=1S/C22H19F3N2O3S/c23-22(24,25)17-7-4-8-19(13-17)31(29,30)18-11-9-15(10-12-18)14-27-21(28)20(26)16-5-2-1-3-6-16/h1-13,20H,14,26H2,(H,27,28)/t20-/m0/s1. The van der Waals surface area contributed by atoms with Crippen molar-refractivity contribution in [3.05, 3.63) is 95.6 Å². The lowest BCUT2D eigenvalue weighted by atomic mass is 10.1. The van der Waals surface area contributed by atoms with Crippen LogP contribution in [-0.2, 0) is 27.4 Å². The maximum absolute atomic E-state index is 12.9. The van der Waals surface area contributed by atoms with Crippen LogP contribution in [0.15, 0.2) is 88.7 Å². The van der Waals surface area contributed by atoms with E-state index >= 15 is 0 Å². The zero-order valence-electron chi connectivity index (χ0n) is 16.1. The molecule has 0 unspecified atom stereocenters. The normalized spacial score (nSPS) is 12.9. The van der Waals surface area contributed by atoms with E-state index in [0.29, 0.717) is 17.2 Å². The Bertz CT molecular complexity index is 1160. The summed E-state index contributed by atoms with van der Waals surface area (Å²) in [6.07, 6.45) is -4.64. The lowest BCUT2D eigenvalue weighted by Crippen LogP contribution is -2.33. The lowest BCUT2D eigenvalue weighted by Gasteiger charge is -2.13.